The van der Waals surface area contributed by atoms with E-state index in [9.17, 15) is 13.2 Å². The zero-order valence-corrected chi connectivity index (χ0v) is 11.3. The Hall–Kier alpha value is -1.60. The highest BCUT2D eigenvalue weighted by atomic mass is 32.2. The van der Waals surface area contributed by atoms with Crippen molar-refractivity contribution >= 4 is 16.0 Å². The van der Waals surface area contributed by atoms with Crippen LogP contribution in [0.25, 0.3) is 0 Å². The van der Waals surface area contributed by atoms with E-state index in [4.69, 9.17) is 9.84 Å². The maximum atomic E-state index is 11.4. The van der Waals surface area contributed by atoms with E-state index >= 15 is 0 Å². The number of aromatic carboxylic acids is 1. The summed E-state index contributed by atoms with van der Waals surface area (Å²) in [6.07, 6.45) is 1.62. The third-order valence-corrected chi connectivity index (χ3v) is 4.25. The van der Waals surface area contributed by atoms with Gasteiger partial charge in [0.15, 0.2) is 0 Å². The summed E-state index contributed by atoms with van der Waals surface area (Å²) >= 11 is 0. The van der Waals surface area contributed by atoms with Gasteiger partial charge in [-0.05, 0) is 30.7 Å². The van der Waals surface area contributed by atoms with Crippen molar-refractivity contribution in [1.82, 2.24) is 4.31 Å². The summed E-state index contributed by atoms with van der Waals surface area (Å²) in [6.45, 7) is 0.788. The number of hydrogen-bond donors (Lipinski definition) is 1. The monoisotopic (exact) mass is 285 g/mol. The molecule has 1 aliphatic heterocycles. The molecule has 1 fully saturated rings. The average Bonchev–Trinajstić information content (AvgIpc) is 2.78. The molecular formula is C12H15NO5S. The quantitative estimate of drug-likeness (QED) is 0.884. The number of hydrogen-bond acceptors (Lipinski definition) is 4. The smallest absolute Gasteiger partial charge is 0.335 e. The van der Waals surface area contributed by atoms with Gasteiger partial charge in [0.1, 0.15) is 11.9 Å². The van der Waals surface area contributed by atoms with E-state index in [0.717, 1.165) is 0 Å². The molecule has 104 valence electrons. The van der Waals surface area contributed by atoms with Crippen LogP contribution in [0.1, 0.15) is 16.8 Å². The molecular weight excluding hydrogens is 270 g/mol. The van der Waals surface area contributed by atoms with Crippen LogP contribution in [0.2, 0.25) is 0 Å². The summed E-state index contributed by atoms with van der Waals surface area (Å²) in [5.74, 6) is -0.444. The van der Waals surface area contributed by atoms with Crippen LogP contribution in [0.3, 0.4) is 0 Å². The van der Waals surface area contributed by atoms with Gasteiger partial charge in [-0.1, -0.05) is 0 Å². The summed E-state index contributed by atoms with van der Waals surface area (Å²) in [6, 6.07) is 6.07. The van der Waals surface area contributed by atoms with Gasteiger partial charge in [0.2, 0.25) is 10.0 Å². The molecule has 1 N–H and O–H groups in total. The van der Waals surface area contributed by atoms with Gasteiger partial charge in [0, 0.05) is 6.54 Å². The van der Waals surface area contributed by atoms with Crippen molar-refractivity contribution in [3.05, 3.63) is 29.8 Å². The van der Waals surface area contributed by atoms with Gasteiger partial charge in [0.25, 0.3) is 0 Å². The highest BCUT2D eigenvalue weighted by Gasteiger charge is 2.29. The standard InChI is InChI=1S/C12H15NO5S/c1-19(16,17)13-7-6-11(8-13)18-10-4-2-9(3-5-10)12(14)15/h2-5,11H,6-8H2,1H3,(H,14,15). The number of ether oxygens (including phenoxy) is 1. The molecule has 0 aliphatic carbocycles. The van der Waals surface area contributed by atoms with E-state index in [-0.39, 0.29) is 11.7 Å². The van der Waals surface area contributed by atoms with Gasteiger partial charge in [-0.3, -0.25) is 0 Å². The van der Waals surface area contributed by atoms with Crippen LogP contribution >= 0.6 is 0 Å². The number of carboxylic acids is 1. The molecule has 6 nitrogen and oxygen atoms in total. The van der Waals surface area contributed by atoms with E-state index in [1.54, 1.807) is 12.1 Å². The number of carboxylic acid groups (broad SMARTS) is 1. The number of benzene rings is 1. The maximum absolute atomic E-state index is 11.4. The molecule has 0 amide bonds. The molecule has 7 heteroatoms. The molecule has 1 aromatic rings. The average molecular weight is 285 g/mol. The molecule has 0 radical (unpaired) electrons. The first-order chi connectivity index (χ1) is 8.86. The molecule has 19 heavy (non-hydrogen) atoms. The van der Waals surface area contributed by atoms with E-state index in [2.05, 4.69) is 0 Å². The molecule has 0 spiro atoms. The topological polar surface area (TPSA) is 83.9 Å². The van der Waals surface area contributed by atoms with E-state index in [0.29, 0.717) is 25.3 Å². The fraction of sp³-hybridized carbons (Fsp3) is 0.417. The van der Waals surface area contributed by atoms with Crippen LogP contribution < -0.4 is 4.74 Å². The molecule has 0 bridgehead atoms. The largest absolute Gasteiger partial charge is 0.489 e. The van der Waals surface area contributed by atoms with Gasteiger partial charge in [0.05, 0.1) is 18.4 Å². The first kappa shape index (κ1) is 13.8. The lowest BCUT2D eigenvalue weighted by atomic mass is 10.2. The Labute approximate surface area is 111 Å². The van der Waals surface area contributed by atoms with Gasteiger partial charge < -0.3 is 9.84 Å². The summed E-state index contributed by atoms with van der Waals surface area (Å²) in [4.78, 5) is 10.7. The Balaban J connectivity index is 1.98. The van der Waals surface area contributed by atoms with Gasteiger partial charge >= 0.3 is 5.97 Å². The van der Waals surface area contributed by atoms with Crippen molar-refractivity contribution in [3.8, 4) is 5.75 Å². The van der Waals surface area contributed by atoms with Crippen LogP contribution in [-0.4, -0.2) is 49.2 Å². The lowest BCUT2D eigenvalue weighted by Crippen LogP contribution is -2.29. The van der Waals surface area contributed by atoms with Crippen molar-refractivity contribution in [2.75, 3.05) is 19.3 Å². The summed E-state index contributed by atoms with van der Waals surface area (Å²) in [5.41, 5.74) is 0.191. The van der Waals surface area contributed by atoms with Gasteiger partial charge in [-0.15, -0.1) is 0 Å². The van der Waals surface area contributed by atoms with Crippen LogP contribution in [-0.2, 0) is 10.0 Å². The van der Waals surface area contributed by atoms with Crippen LogP contribution in [0.4, 0.5) is 0 Å². The third kappa shape index (κ3) is 3.45. The van der Waals surface area contributed by atoms with Crippen LogP contribution in [0.5, 0.6) is 5.75 Å². The summed E-state index contributed by atoms with van der Waals surface area (Å²) < 4.78 is 29.7. The second kappa shape index (κ2) is 5.18. The Morgan fingerprint density at radius 1 is 1.37 bits per heavy atom. The minimum Gasteiger partial charge on any atom is -0.489 e. The number of nitrogens with zero attached hydrogens (tertiary/aromatic N) is 1. The Morgan fingerprint density at radius 2 is 2.00 bits per heavy atom. The van der Waals surface area contributed by atoms with Gasteiger partial charge in [-0.2, -0.15) is 4.31 Å². The number of rotatable bonds is 4. The molecule has 1 aromatic carbocycles. The Bertz CT molecular complexity index is 566. The highest BCUT2D eigenvalue weighted by molar-refractivity contribution is 7.88. The van der Waals surface area contributed by atoms with E-state index in [1.165, 1.54) is 22.7 Å². The lowest BCUT2D eigenvalue weighted by Gasteiger charge is -2.15. The predicted octanol–water partition coefficient (Wildman–Crippen LogP) is 0.797. The molecule has 0 aromatic heterocycles. The molecule has 2 rings (SSSR count). The zero-order valence-electron chi connectivity index (χ0n) is 10.4. The normalized spacial score (nSPS) is 20.4. The fourth-order valence-corrected chi connectivity index (χ4v) is 2.84. The lowest BCUT2D eigenvalue weighted by molar-refractivity contribution is 0.0697. The second-order valence-corrected chi connectivity index (χ2v) is 6.46. The fourth-order valence-electron chi connectivity index (χ4n) is 1.96. The summed E-state index contributed by atoms with van der Waals surface area (Å²) in [5, 5.41) is 8.77. The Morgan fingerprint density at radius 3 is 2.47 bits per heavy atom. The molecule has 0 saturated carbocycles. The minimum atomic E-state index is -3.17. The zero-order chi connectivity index (χ0) is 14.0. The van der Waals surface area contributed by atoms with Crippen LogP contribution in [0.15, 0.2) is 24.3 Å². The van der Waals surface area contributed by atoms with Crippen molar-refractivity contribution in [1.29, 1.82) is 0 Å². The van der Waals surface area contributed by atoms with Crippen molar-refractivity contribution < 1.29 is 23.1 Å². The van der Waals surface area contributed by atoms with Crippen molar-refractivity contribution in [2.45, 2.75) is 12.5 Å². The van der Waals surface area contributed by atoms with E-state index in [1.807, 2.05) is 0 Å². The van der Waals surface area contributed by atoms with Crippen LogP contribution in [0, 0.1) is 0 Å². The SMILES string of the molecule is CS(=O)(=O)N1CCC(Oc2ccc(C(=O)O)cc2)C1. The molecule has 1 heterocycles. The molecule has 1 unspecified atom stereocenters. The van der Waals surface area contributed by atoms with E-state index < -0.39 is 16.0 Å². The number of sulfonamides is 1. The first-order valence-electron chi connectivity index (χ1n) is 5.81. The van der Waals surface area contributed by atoms with Gasteiger partial charge in [-0.25, -0.2) is 13.2 Å². The number of carbonyl (C=O) groups is 1. The predicted molar refractivity (Wildman–Crippen MR) is 68.9 cm³/mol. The Kier molecular flexibility index (Phi) is 3.77. The van der Waals surface area contributed by atoms with Crippen molar-refractivity contribution in [3.63, 3.8) is 0 Å². The summed E-state index contributed by atoms with van der Waals surface area (Å²) in [7, 11) is -3.17. The molecule has 1 aliphatic rings. The van der Waals surface area contributed by atoms with Crippen molar-refractivity contribution in [2.24, 2.45) is 0 Å². The molecule has 1 atom stereocenters. The minimum absolute atomic E-state index is 0.189. The molecule has 1 saturated heterocycles. The third-order valence-electron chi connectivity index (χ3n) is 2.98. The highest BCUT2D eigenvalue weighted by Crippen LogP contribution is 2.20. The maximum Gasteiger partial charge on any atom is 0.335 e. The second-order valence-electron chi connectivity index (χ2n) is 4.48. The first-order valence-corrected chi connectivity index (χ1v) is 7.66.